The van der Waals surface area contributed by atoms with Crippen LogP contribution in [0, 0.1) is 17.8 Å². The van der Waals surface area contributed by atoms with Gasteiger partial charge in [0.25, 0.3) is 0 Å². The molecule has 156 valence electrons. The minimum atomic E-state index is -0.477. The van der Waals surface area contributed by atoms with Gasteiger partial charge in [-0.2, -0.15) is 0 Å². The summed E-state index contributed by atoms with van der Waals surface area (Å²) >= 11 is 0. The predicted molar refractivity (Wildman–Crippen MR) is 105 cm³/mol. The first-order valence-corrected chi connectivity index (χ1v) is 10.5. The monoisotopic (exact) mass is 382 g/mol. The van der Waals surface area contributed by atoms with Crippen LogP contribution in [-0.2, 0) is 9.53 Å². The minimum Gasteiger partial charge on any atom is -0.444 e. The van der Waals surface area contributed by atoms with E-state index in [2.05, 4.69) is 13.8 Å². The Morgan fingerprint density at radius 2 is 1.67 bits per heavy atom. The van der Waals surface area contributed by atoms with Gasteiger partial charge in [-0.15, -0.1) is 0 Å². The number of nitrogens with zero attached hydrogens (tertiary/aromatic N) is 2. The zero-order chi connectivity index (χ0) is 20.2. The summed E-state index contributed by atoms with van der Waals surface area (Å²) in [5, 5.41) is 10.2. The van der Waals surface area contributed by atoms with Gasteiger partial charge in [0.15, 0.2) is 0 Å². The van der Waals surface area contributed by atoms with Crippen molar-refractivity contribution in [2.45, 2.75) is 78.4 Å². The van der Waals surface area contributed by atoms with E-state index in [4.69, 9.17) is 4.74 Å². The van der Waals surface area contributed by atoms with Crippen LogP contribution in [0.15, 0.2) is 0 Å². The van der Waals surface area contributed by atoms with E-state index >= 15 is 0 Å². The van der Waals surface area contributed by atoms with E-state index in [0.717, 1.165) is 19.3 Å². The molecule has 6 heteroatoms. The molecule has 0 spiro atoms. The fraction of sp³-hybridized carbons (Fsp3) is 0.905. The normalized spacial score (nSPS) is 25.0. The molecule has 2 rings (SSSR count). The van der Waals surface area contributed by atoms with Crippen molar-refractivity contribution in [1.82, 2.24) is 9.80 Å². The Bertz CT molecular complexity index is 507. The molecule has 2 heterocycles. The number of hydrogen-bond donors (Lipinski definition) is 1. The number of piperidine rings is 2. The number of carbonyl (C=O) groups excluding carboxylic acids is 2. The number of aliphatic hydroxyl groups is 1. The number of hydrogen-bond acceptors (Lipinski definition) is 4. The number of ether oxygens (including phenoxy) is 1. The highest BCUT2D eigenvalue weighted by Crippen LogP contribution is 2.27. The van der Waals surface area contributed by atoms with Gasteiger partial charge in [-0.1, -0.05) is 13.8 Å². The van der Waals surface area contributed by atoms with Crippen LogP contribution in [0.25, 0.3) is 0 Å². The van der Waals surface area contributed by atoms with Gasteiger partial charge in [0.1, 0.15) is 5.60 Å². The lowest BCUT2D eigenvalue weighted by Gasteiger charge is -2.38. The second-order valence-electron chi connectivity index (χ2n) is 9.70. The van der Waals surface area contributed by atoms with Crippen molar-refractivity contribution in [2.24, 2.45) is 17.8 Å². The highest BCUT2D eigenvalue weighted by atomic mass is 16.6. The van der Waals surface area contributed by atoms with Crippen molar-refractivity contribution in [2.75, 3.05) is 26.2 Å². The van der Waals surface area contributed by atoms with E-state index in [1.807, 2.05) is 25.7 Å². The van der Waals surface area contributed by atoms with Crippen molar-refractivity contribution in [3.63, 3.8) is 0 Å². The number of aliphatic hydroxyl groups excluding tert-OH is 1. The Hall–Kier alpha value is -1.30. The average Bonchev–Trinajstić information content (AvgIpc) is 2.55. The third-order valence-electron chi connectivity index (χ3n) is 5.55. The Balaban J connectivity index is 1.78. The summed E-state index contributed by atoms with van der Waals surface area (Å²) in [6.45, 7) is 12.6. The fourth-order valence-electron chi connectivity index (χ4n) is 4.11. The summed E-state index contributed by atoms with van der Waals surface area (Å²) in [6, 6.07) is 0. The molecule has 2 saturated heterocycles. The Morgan fingerprint density at radius 1 is 1.07 bits per heavy atom. The van der Waals surface area contributed by atoms with Crippen molar-refractivity contribution in [3.05, 3.63) is 0 Å². The second kappa shape index (κ2) is 9.26. The summed E-state index contributed by atoms with van der Waals surface area (Å²) in [5.41, 5.74) is -0.477. The van der Waals surface area contributed by atoms with Gasteiger partial charge in [0.2, 0.25) is 5.91 Å². The molecule has 0 bridgehead atoms. The molecule has 0 aromatic carbocycles. The maximum Gasteiger partial charge on any atom is 0.410 e. The zero-order valence-corrected chi connectivity index (χ0v) is 17.7. The number of rotatable bonds is 4. The molecular formula is C21H38N2O4. The van der Waals surface area contributed by atoms with Gasteiger partial charge in [0.05, 0.1) is 6.10 Å². The second-order valence-corrected chi connectivity index (χ2v) is 9.70. The first-order valence-electron chi connectivity index (χ1n) is 10.5. The lowest BCUT2D eigenvalue weighted by molar-refractivity contribution is -0.136. The summed E-state index contributed by atoms with van der Waals surface area (Å²) in [5.74, 6) is 1.24. The van der Waals surface area contributed by atoms with Gasteiger partial charge in [-0.05, 0) is 58.3 Å². The maximum atomic E-state index is 12.7. The third-order valence-corrected chi connectivity index (χ3v) is 5.55. The molecule has 1 N–H and O–H groups in total. The highest BCUT2D eigenvalue weighted by Gasteiger charge is 2.33. The number of likely N-dealkylation sites (tertiary alicyclic amines) is 2. The molecule has 2 amide bonds. The van der Waals surface area contributed by atoms with Crippen molar-refractivity contribution in [1.29, 1.82) is 0 Å². The van der Waals surface area contributed by atoms with Gasteiger partial charge < -0.3 is 19.6 Å². The SMILES string of the molecule is CC(C)CC1CN(C(=O)CC2CCN(C(=O)OC(C)(C)C)CC2)CCC1O. The molecule has 0 aromatic heterocycles. The first-order chi connectivity index (χ1) is 12.5. The molecular weight excluding hydrogens is 344 g/mol. The predicted octanol–water partition coefficient (Wildman–Crippen LogP) is 3.28. The molecule has 6 nitrogen and oxygen atoms in total. The van der Waals surface area contributed by atoms with Crippen LogP contribution in [0.4, 0.5) is 4.79 Å². The lowest BCUT2D eigenvalue weighted by Crippen LogP contribution is -2.47. The lowest BCUT2D eigenvalue weighted by atomic mass is 9.86. The van der Waals surface area contributed by atoms with Crippen molar-refractivity contribution < 1.29 is 19.4 Å². The van der Waals surface area contributed by atoms with Crippen molar-refractivity contribution in [3.8, 4) is 0 Å². The Labute approximate surface area is 164 Å². The minimum absolute atomic E-state index is 0.191. The summed E-state index contributed by atoms with van der Waals surface area (Å²) < 4.78 is 5.43. The van der Waals surface area contributed by atoms with Crippen LogP contribution in [-0.4, -0.2) is 64.8 Å². The molecule has 2 atom stereocenters. The standard InChI is InChI=1S/C21H38N2O4/c1-15(2)12-17-14-23(11-8-18(17)24)19(25)13-16-6-9-22(10-7-16)20(26)27-21(3,4)5/h15-18,24H,6-14H2,1-5H3. The largest absolute Gasteiger partial charge is 0.444 e. The van der Waals surface area contributed by atoms with Crippen LogP contribution >= 0.6 is 0 Å². The van der Waals surface area contributed by atoms with Crippen LogP contribution in [0.1, 0.15) is 66.7 Å². The highest BCUT2D eigenvalue weighted by molar-refractivity contribution is 5.76. The van der Waals surface area contributed by atoms with Gasteiger partial charge in [0, 0.05) is 38.5 Å². The van der Waals surface area contributed by atoms with E-state index in [0.29, 0.717) is 50.9 Å². The summed E-state index contributed by atoms with van der Waals surface area (Å²) in [6.07, 6.45) is 3.34. The summed E-state index contributed by atoms with van der Waals surface area (Å²) in [7, 11) is 0. The maximum absolute atomic E-state index is 12.7. The van der Waals surface area contributed by atoms with E-state index in [1.165, 1.54) is 0 Å². The van der Waals surface area contributed by atoms with E-state index in [9.17, 15) is 14.7 Å². The molecule has 0 aliphatic carbocycles. The van der Waals surface area contributed by atoms with Crippen LogP contribution in [0.5, 0.6) is 0 Å². The molecule has 2 unspecified atom stereocenters. The van der Waals surface area contributed by atoms with Gasteiger partial charge in [-0.25, -0.2) is 4.79 Å². The Kier molecular flexibility index (Phi) is 7.55. The molecule has 27 heavy (non-hydrogen) atoms. The van der Waals surface area contributed by atoms with Crippen LogP contribution in [0.2, 0.25) is 0 Å². The molecule has 0 aromatic rings. The van der Waals surface area contributed by atoms with Gasteiger partial charge in [-0.3, -0.25) is 4.79 Å². The average molecular weight is 383 g/mol. The molecule has 0 saturated carbocycles. The van der Waals surface area contributed by atoms with Crippen molar-refractivity contribution >= 4 is 12.0 Å². The zero-order valence-electron chi connectivity index (χ0n) is 17.7. The number of amides is 2. The quantitative estimate of drug-likeness (QED) is 0.810. The van der Waals surface area contributed by atoms with E-state index < -0.39 is 5.60 Å². The van der Waals surface area contributed by atoms with E-state index in [1.54, 1.807) is 4.90 Å². The van der Waals surface area contributed by atoms with Gasteiger partial charge >= 0.3 is 6.09 Å². The number of carbonyl (C=O) groups is 2. The summed E-state index contributed by atoms with van der Waals surface area (Å²) in [4.78, 5) is 28.6. The molecule has 2 aliphatic rings. The topological polar surface area (TPSA) is 70.1 Å². The smallest absolute Gasteiger partial charge is 0.410 e. The first kappa shape index (κ1) is 22.0. The van der Waals surface area contributed by atoms with Crippen LogP contribution < -0.4 is 0 Å². The molecule has 0 radical (unpaired) electrons. The van der Waals surface area contributed by atoms with E-state index in [-0.39, 0.29) is 24.0 Å². The molecule has 2 aliphatic heterocycles. The third kappa shape index (κ3) is 6.98. The Morgan fingerprint density at radius 3 is 2.22 bits per heavy atom. The van der Waals surface area contributed by atoms with Crippen LogP contribution in [0.3, 0.4) is 0 Å². The molecule has 2 fully saturated rings. The fourth-order valence-corrected chi connectivity index (χ4v) is 4.11.